The predicted molar refractivity (Wildman–Crippen MR) is 93.1 cm³/mol. The molecule has 0 spiro atoms. The molecule has 0 radical (unpaired) electrons. The minimum Gasteiger partial charge on any atom is -0.468 e. The highest BCUT2D eigenvalue weighted by Crippen LogP contribution is 2.27. The van der Waals surface area contributed by atoms with Crippen molar-refractivity contribution in [3.05, 3.63) is 24.3 Å². The van der Waals surface area contributed by atoms with Crippen LogP contribution in [-0.2, 0) is 4.74 Å². The molecule has 0 saturated carbocycles. The summed E-state index contributed by atoms with van der Waals surface area (Å²) < 4.78 is 11.2. The van der Waals surface area contributed by atoms with E-state index in [1.807, 2.05) is 24.3 Å². The summed E-state index contributed by atoms with van der Waals surface area (Å²) in [5, 5.41) is 14.1. The van der Waals surface area contributed by atoms with Crippen LogP contribution in [0.15, 0.2) is 24.3 Å². The van der Waals surface area contributed by atoms with Gasteiger partial charge in [-0.3, -0.25) is 0 Å². The lowest BCUT2D eigenvalue weighted by molar-refractivity contribution is 0.0715. The number of para-hydroxylation sites is 1. The van der Waals surface area contributed by atoms with Crippen molar-refractivity contribution in [1.29, 1.82) is 0 Å². The first-order chi connectivity index (χ1) is 11.3. The molecule has 2 aromatic rings. The van der Waals surface area contributed by atoms with E-state index in [1.165, 1.54) is 0 Å². The van der Waals surface area contributed by atoms with E-state index in [1.54, 1.807) is 0 Å². The molecule has 2 saturated heterocycles. The lowest BCUT2D eigenvalue weighted by Crippen LogP contribution is -2.44. The normalized spacial score (nSPS) is 24.0. The first-order valence-electron chi connectivity index (χ1n) is 7.96. The minimum absolute atomic E-state index is 0. The van der Waals surface area contributed by atoms with Crippen LogP contribution in [0.2, 0.25) is 0 Å². The van der Waals surface area contributed by atoms with Crippen molar-refractivity contribution in [2.45, 2.75) is 12.2 Å². The number of ether oxygens (including phenoxy) is 2. The number of nitrogens with zero attached hydrogens (tertiary/aromatic N) is 3. The smallest absolute Gasteiger partial charge is 0.229 e. The van der Waals surface area contributed by atoms with E-state index in [-0.39, 0.29) is 18.5 Å². The van der Waals surface area contributed by atoms with Crippen molar-refractivity contribution in [3.63, 3.8) is 0 Å². The Bertz CT molecular complexity index is 696. The molecule has 2 unspecified atom stereocenters. The number of fused-ring (bicyclic) bond motifs is 1. The van der Waals surface area contributed by atoms with Gasteiger partial charge in [0.15, 0.2) is 6.10 Å². The van der Waals surface area contributed by atoms with E-state index in [2.05, 4.69) is 20.2 Å². The van der Waals surface area contributed by atoms with Gasteiger partial charge < -0.3 is 24.8 Å². The number of halogens is 1. The first-order valence-corrected chi connectivity index (χ1v) is 7.96. The van der Waals surface area contributed by atoms with Gasteiger partial charge in [0.05, 0.1) is 24.1 Å². The Morgan fingerprint density at radius 3 is 2.71 bits per heavy atom. The third-order valence-corrected chi connectivity index (χ3v) is 4.22. The third-order valence-electron chi connectivity index (χ3n) is 4.22. The molecule has 8 heteroatoms. The number of nitrogens with one attached hydrogen (secondary N) is 1. The molecule has 0 aliphatic carbocycles. The fourth-order valence-corrected chi connectivity index (χ4v) is 2.91. The topological polar surface area (TPSA) is 79.7 Å². The maximum atomic E-state index is 9.93. The maximum Gasteiger partial charge on any atom is 0.229 e. The van der Waals surface area contributed by atoms with E-state index >= 15 is 0 Å². The number of aliphatic hydroxyl groups excluding tert-OH is 1. The largest absolute Gasteiger partial charge is 0.468 e. The van der Waals surface area contributed by atoms with Gasteiger partial charge in [-0.25, -0.2) is 4.98 Å². The summed E-state index contributed by atoms with van der Waals surface area (Å²) in [7, 11) is 0. The molecule has 2 aliphatic rings. The van der Waals surface area contributed by atoms with Crippen LogP contribution in [0.1, 0.15) is 0 Å². The first kappa shape index (κ1) is 17.2. The summed E-state index contributed by atoms with van der Waals surface area (Å²) in [6.07, 6.45) is -1.00. The van der Waals surface area contributed by atoms with Gasteiger partial charge in [0.25, 0.3) is 0 Å². The summed E-state index contributed by atoms with van der Waals surface area (Å²) >= 11 is 0. The minimum atomic E-state index is -0.619. The summed E-state index contributed by atoms with van der Waals surface area (Å²) in [6.45, 7) is 4.25. The molecule has 130 valence electrons. The van der Waals surface area contributed by atoms with E-state index in [0.29, 0.717) is 25.0 Å². The van der Waals surface area contributed by atoms with Gasteiger partial charge in [-0.05, 0) is 12.1 Å². The molecule has 3 heterocycles. The van der Waals surface area contributed by atoms with Gasteiger partial charge in [0.1, 0.15) is 6.10 Å². The van der Waals surface area contributed by atoms with E-state index in [9.17, 15) is 5.11 Å². The third kappa shape index (κ3) is 3.39. The number of rotatable bonds is 3. The second-order valence-corrected chi connectivity index (χ2v) is 5.84. The van der Waals surface area contributed by atoms with Crippen molar-refractivity contribution in [3.8, 4) is 5.88 Å². The molecule has 0 bridgehead atoms. The average Bonchev–Trinajstić information content (AvgIpc) is 3.00. The van der Waals surface area contributed by atoms with Gasteiger partial charge in [0, 0.05) is 26.2 Å². The molecule has 2 atom stereocenters. The van der Waals surface area contributed by atoms with Crippen molar-refractivity contribution in [1.82, 2.24) is 15.3 Å². The molecule has 0 amide bonds. The number of piperazine rings is 1. The highest BCUT2D eigenvalue weighted by molar-refractivity contribution is 5.85. The predicted octanol–water partition coefficient (Wildman–Crippen LogP) is 0.600. The molecular weight excluding hydrogens is 332 g/mol. The summed E-state index contributed by atoms with van der Waals surface area (Å²) in [5.41, 5.74) is 0.847. The van der Waals surface area contributed by atoms with Crippen LogP contribution in [0.4, 0.5) is 5.95 Å². The number of benzene rings is 1. The molecular formula is C16H21ClN4O3. The number of aliphatic hydroxyl groups is 1. The van der Waals surface area contributed by atoms with Crippen LogP contribution >= 0.6 is 12.4 Å². The Kier molecular flexibility index (Phi) is 5.35. The van der Waals surface area contributed by atoms with Gasteiger partial charge in [0.2, 0.25) is 11.8 Å². The van der Waals surface area contributed by atoms with Crippen molar-refractivity contribution in [2.24, 2.45) is 0 Å². The molecule has 1 aromatic carbocycles. The molecule has 2 N–H and O–H groups in total. The Morgan fingerprint density at radius 2 is 1.96 bits per heavy atom. The van der Waals surface area contributed by atoms with Crippen LogP contribution in [0, 0.1) is 0 Å². The fourth-order valence-electron chi connectivity index (χ4n) is 2.91. The van der Waals surface area contributed by atoms with E-state index in [4.69, 9.17) is 9.47 Å². The average molecular weight is 353 g/mol. The number of aromatic nitrogens is 2. The monoisotopic (exact) mass is 352 g/mol. The second-order valence-electron chi connectivity index (χ2n) is 5.84. The Balaban J connectivity index is 0.00000169. The molecule has 24 heavy (non-hydrogen) atoms. The van der Waals surface area contributed by atoms with Crippen LogP contribution in [0.25, 0.3) is 10.9 Å². The number of hydrogen-bond acceptors (Lipinski definition) is 7. The zero-order valence-electron chi connectivity index (χ0n) is 13.2. The Hall–Kier alpha value is -1.67. The zero-order valence-corrected chi connectivity index (χ0v) is 14.0. The lowest BCUT2D eigenvalue weighted by Gasteiger charge is -2.28. The quantitative estimate of drug-likeness (QED) is 0.837. The molecule has 1 aromatic heterocycles. The number of anilines is 1. The summed E-state index contributed by atoms with van der Waals surface area (Å²) in [4.78, 5) is 11.4. The Labute approximate surface area is 146 Å². The Morgan fingerprint density at radius 1 is 1.17 bits per heavy atom. The highest BCUT2D eigenvalue weighted by atomic mass is 35.5. The van der Waals surface area contributed by atoms with Crippen LogP contribution in [0.3, 0.4) is 0 Å². The maximum absolute atomic E-state index is 9.93. The lowest BCUT2D eigenvalue weighted by atomic mass is 10.2. The SMILES string of the molecule is Cl.OC1COCC1Oc1nc(N2CCNCC2)nc2ccccc12. The van der Waals surface area contributed by atoms with E-state index < -0.39 is 6.10 Å². The number of hydrogen-bond donors (Lipinski definition) is 2. The van der Waals surface area contributed by atoms with Crippen molar-refractivity contribution in [2.75, 3.05) is 44.3 Å². The molecule has 2 aliphatic heterocycles. The summed E-state index contributed by atoms with van der Waals surface area (Å²) in [6, 6.07) is 7.78. The zero-order chi connectivity index (χ0) is 15.6. The molecule has 2 fully saturated rings. The van der Waals surface area contributed by atoms with Crippen LogP contribution in [-0.4, -0.2) is 66.7 Å². The van der Waals surface area contributed by atoms with E-state index in [0.717, 1.165) is 37.1 Å². The van der Waals surface area contributed by atoms with Gasteiger partial charge in [-0.1, -0.05) is 12.1 Å². The van der Waals surface area contributed by atoms with Crippen LogP contribution in [0.5, 0.6) is 5.88 Å². The summed E-state index contributed by atoms with van der Waals surface area (Å²) in [5.74, 6) is 1.19. The van der Waals surface area contributed by atoms with Crippen molar-refractivity contribution >= 4 is 29.3 Å². The van der Waals surface area contributed by atoms with Gasteiger partial charge >= 0.3 is 0 Å². The highest BCUT2D eigenvalue weighted by Gasteiger charge is 2.29. The second kappa shape index (κ2) is 7.48. The molecule has 4 rings (SSSR count). The fraction of sp³-hybridized carbons (Fsp3) is 0.500. The van der Waals surface area contributed by atoms with Crippen molar-refractivity contribution < 1.29 is 14.6 Å². The van der Waals surface area contributed by atoms with Gasteiger partial charge in [-0.2, -0.15) is 4.98 Å². The van der Waals surface area contributed by atoms with Crippen LogP contribution < -0.4 is 15.0 Å². The standard InChI is InChI=1S/C16H20N4O3.ClH/c21-13-9-22-10-14(13)23-15-11-3-1-2-4-12(11)18-16(19-15)20-7-5-17-6-8-20;/h1-4,13-14,17,21H,5-10H2;1H. The van der Waals surface area contributed by atoms with Gasteiger partial charge in [-0.15, -0.1) is 12.4 Å². The molecule has 7 nitrogen and oxygen atoms in total.